The molecule has 0 saturated heterocycles. The maximum absolute atomic E-state index is 12.1. The number of carbonyl (C=O) groups excluding carboxylic acids is 1. The lowest BCUT2D eigenvalue weighted by Gasteiger charge is -2.07. The molecule has 0 amide bonds. The van der Waals surface area contributed by atoms with Crippen LogP contribution in [-0.4, -0.2) is 33.8 Å². The summed E-state index contributed by atoms with van der Waals surface area (Å²) >= 11 is 0. The first-order valence-corrected chi connectivity index (χ1v) is 9.92. The SMILES string of the molecule is CCCCCCCCCCOC(O)C=CCC(=O)c1ccc(O)c([N+](=O)[O-])c1. The Hall–Kier alpha value is -2.25. The second kappa shape index (κ2) is 13.8. The molecule has 0 aliphatic rings. The summed E-state index contributed by atoms with van der Waals surface area (Å²) in [7, 11) is 0. The van der Waals surface area contributed by atoms with Crippen LogP contribution in [0, 0.1) is 10.1 Å². The zero-order valence-corrected chi connectivity index (χ0v) is 16.5. The molecule has 7 nitrogen and oxygen atoms in total. The first-order chi connectivity index (χ1) is 13.5. The molecule has 1 aromatic carbocycles. The van der Waals surface area contributed by atoms with E-state index in [1.165, 1.54) is 56.7 Å². The van der Waals surface area contributed by atoms with Crippen LogP contribution in [0.2, 0.25) is 0 Å². The van der Waals surface area contributed by atoms with Crippen molar-refractivity contribution in [2.24, 2.45) is 0 Å². The molecule has 0 spiro atoms. The van der Waals surface area contributed by atoms with E-state index in [0.29, 0.717) is 6.61 Å². The standard InChI is InChI=1S/C21H31NO6/c1-2-3-4-5-6-7-8-9-15-28-21(25)12-10-11-19(23)17-13-14-20(24)18(16-17)22(26)27/h10,12-14,16,21,24-25H,2-9,11,15H2,1H3. The van der Waals surface area contributed by atoms with Crippen molar-refractivity contribution in [3.63, 3.8) is 0 Å². The van der Waals surface area contributed by atoms with E-state index in [1.54, 1.807) is 0 Å². The first-order valence-electron chi connectivity index (χ1n) is 9.92. The molecule has 0 aliphatic carbocycles. The summed E-state index contributed by atoms with van der Waals surface area (Å²) in [5, 5.41) is 29.9. The van der Waals surface area contributed by atoms with Crippen LogP contribution in [0.25, 0.3) is 0 Å². The predicted octanol–water partition coefficient (Wildman–Crippen LogP) is 4.91. The van der Waals surface area contributed by atoms with E-state index in [9.17, 15) is 25.1 Å². The molecule has 156 valence electrons. The molecule has 0 bridgehead atoms. The Morgan fingerprint density at radius 2 is 1.82 bits per heavy atom. The number of Topliss-reactive ketones (excluding diaryl/α,β-unsaturated/α-hetero) is 1. The Morgan fingerprint density at radius 3 is 2.46 bits per heavy atom. The number of ether oxygens (including phenoxy) is 1. The average Bonchev–Trinajstić information content (AvgIpc) is 2.66. The van der Waals surface area contributed by atoms with Crippen molar-refractivity contribution in [3.8, 4) is 5.75 Å². The number of ketones is 1. The van der Waals surface area contributed by atoms with E-state index < -0.39 is 22.7 Å². The number of carbonyl (C=O) groups is 1. The molecule has 7 heteroatoms. The lowest BCUT2D eigenvalue weighted by atomic mass is 10.1. The van der Waals surface area contributed by atoms with Gasteiger partial charge in [0.2, 0.25) is 0 Å². The molecule has 0 saturated carbocycles. The number of nitro benzene ring substituents is 1. The van der Waals surface area contributed by atoms with E-state index in [1.807, 2.05) is 0 Å². The Morgan fingerprint density at radius 1 is 1.18 bits per heavy atom. The van der Waals surface area contributed by atoms with Crippen molar-refractivity contribution in [1.82, 2.24) is 0 Å². The molecular formula is C21H31NO6. The maximum atomic E-state index is 12.1. The van der Waals surface area contributed by atoms with Gasteiger partial charge in [-0.3, -0.25) is 14.9 Å². The van der Waals surface area contributed by atoms with Crippen molar-refractivity contribution in [1.29, 1.82) is 0 Å². The molecule has 0 heterocycles. The maximum Gasteiger partial charge on any atom is 0.311 e. The van der Waals surface area contributed by atoms with Gasteiger partial charge in [0, 0.05) is 18.1 Å². The molecule has 0 aliphatic heterocycles. The van der Waals surface area contributed by atoms with Gasteiger partial charge in [-0.15, -0.1) is 0 Å². The summed E-state index contributed by atoms with van der Waals surface area (Å²) in [4.78, 5) is 22.1. The number of nitrogens with zero attached hydrogens (tertiary/aromatic N) is 1. The van der Waals surface area contributed by atoms with Gasteiger partial charge in [0.25, 0.3) is 0 Å². The summed E-state index contributed by atoms with van der Waals surface area (Å²) in [5.41, 5.74) is -0.382. The third-order valence-electron chi connectivity index (χ3n) is 4.38. The normalized spacial score (nSPS) is 12.4. The average molecular weight is 393 g/mol. The number of hydrogen-bond acceptors (Lipinski definition) is 6. The van der Waals surface area contributed by atoms with Crippen LogP contribution < -0.4 is 0 Å². The fourth-order valence-electron chi connectivity index (χ4n) is 2.75. The van der Waals surface area contributed by atoms with Gasteiger partial charge in [0.1, 0.15) is 0 Å². The molecule has 1 unspecified atom stereocenters. The monoisotopic (exact) mass is 393 g/mol. The minimum Gasteiger partial charge on any atom is -0.502 e. The topological polar surface area (TPSA) is 110 Å². The van der Waals surface area contributed by atoms with Crippen molar-refractivity contribution >= 4 is 11.5 Å². The number of phenolic OH excluding ortho intramolecular Hbond substituents is 1. The third-order valence-corrected chi connectivity index (χ3v) is 4.38. The number of nitro groups is 1. The minimum atomic E-state index is -1.08. The number of allylic oxidation sites excluding steroid dienone is 1. The van der Waals surface area contributed by atoms with E-state index in [4.69, 9.17) is 4.74 Å². The summed E-state index contributed by atoms with van der Waals surface area (Å²) in [6.45, 7) is 2.66. The molecule has 1 atom stereocenters. The van der Waals surface area contributed by atoms with Crippen LogP contribution in [0.5, 0.6) is 5.75 Å². The van der Waals surface area contributed by atoms with Crippen molar-refractivity contribution in [2.75, 3.05) is 6.61 Å². The van der Waals surface area contributed by atoms with Crippen LogP contribution >= 0.6 is 0 Å². The molecule has 1 aromatic rings. The van der Waals surface area contributed by atoms with Gasteiger partial charge in [-0.1, -0.05) is 57.9 Å². The molecule has 2 N–H and O–H groups in total. The Labute approximate surface area is 166 Å². The van der Waals surface area contributed by atoms with E-state index in [2.05, 4.69) is 6.92 Å². The van der Waals surface area contributed by atoms with Crippen LogP contribution in [0.15, 0.2) is 30.4 Å². The van der Waals surface area contributed by atoms with Crippen LogP contribution in [0.4, 0.5) is 5.69 Å². The van der Waals surface area contributed by atoms with Crippen LogP contribution in [0.1, 0.15) is 75.1 Å². The van der Waals surface area contributed by atoms with Gasteiger partial charge >= 0.3 is 5.69 Å². The Kier molecular flexibility index (Phi) is 11.8. The predicted molar refractivity (Wildman–Crippen MR) is 107 cm³/mol. The molecule has 1 rings (SSSR count). The highest BCUT2D eigenvalue weighted by molar-refractivity contribution is 5.97. The quantitative estimate of drug-likeness (QED) is 0.109. The molecular weight excluding hydrogens is 362 g/mol. The largest absolute Gasteiger partial charge is 0.502 e. The molecule has 0 aromatic heterocycles. The number of phenols is 1. The number of unbranched alkanes of at least 4 members (excludes halogenated alkanes) is 7. The highest BCUT2D eigenvalue weighted by atomic mass is 16.6. The smallest absolute Gasteiger partial charge is 0.311 e. The zero-order chi connectivity index (χ0) is 20.8. The second-order valence-electron chi connectivity index (χ2n) is 6.75. The number of aliphatic hydroxyl groups is 1. The summed E-state index contributed by atoms with van der Waals surface area (Å²) in [6, 6.07) is 3.49. The highest BCUT2D eigenvalue weighted by Crippen LogP contribution is 2.26. The Bertz CT molecular complexity index is 644. The van der Waals surface area contributed by atoms with Crippen LogP contribution in [-0.2, 0) is 4.74 Å². The van der Waals surface area contributed by atoms with E-state index in [0.717, 1.165) is 25.0 Å². The lowest BCUT2D eigenvalue weighted by Crippen LogP contribution is -2.09. The number of rotatable bonds is 15. The molecule has 0 radical (unpaired) electrons. The Balaban J connectivity index is 2.23. The summed E-state index contributed by atoms with van der Waals surface area (Å²) < 4.78 is 5.28. The van der Waals surface area contributed by atoms with Crippen molar-refractivity contribution in [2.45, 2.75) is 71.0 Å². The van der Waals surface area contributed by atoms with Gasteiger partial charge in [0.15, 0.2) is 17.8 Å². The van der Waals surface area contributed by atoms with E-state index >= 15 is 0 Å². The minimum absolute atomic E-state index is 0.0277. The van der Waals surface area contributed by atoms with Gasteiger partial charge < -0.3 is 14.9 Å². The number of benzene rings is 1. The third kappa shape index (κ3) is 9.62. The fourth-order valence-corrected chi connectivity index (χ4v) is 2.75. The highest BCUT2D eigenvalue weighted by Gasteiger charge is 2.16. The number of aromatic hydroxyl groups is 1. The summed E-state index contributed by atoms with van der Waals surface area (Å²) in [6.07, 6.45) is 11.2. The van der Waals surface area contributed by atoms with Gasteiger partial charge in [-0.25, -0.2) is 0 Å². The van der Waals surface area contributed by atoms with Crippen molar-refractivity contribution in [3.05, 3.63) is 46.0 Å². The van der Waals surface area contributed by atoms with Crippen molar-refractivity contribution < 1.29 is 24.7 Å². The van der Waals surface area contributed by atoms with Gasteiger partial charge in [-0.05, 0) is 24.6 Å². The van der Waals surface area contributed by atoms with Gasteiger partial charge in [0.05, 0.1) is 11.5 Å². The zero-order valence-electron chi connectivity index (χ0n) is 16.5. The van der Waals surface area contributed by atoms with Crippen LogP contribution in [0.3, 0.4) is 0 Å². The number of aliphatic hydroxyl groups excluding tert-OH is 1. The lowest BCUT2D eigenvalue weighted by molar-refractivity contribution is -0.385. The second-order valence-corrected chi connectivity index (χ2v) is 6.75. The summed E-state index contributed by atoms with van der Waals surface area (Å²) in [5.74, 6) is -0.837. The molecule has 28 heavy (non-hydrogen) atoms. The first kappa shape index (κ1) is 23.8. The molecule has 0 fully saturated rings. The van der Waals surface area contributed by atoms with Gasteiger partial charge in [-0.2, -0.15) is 0 Å². The fraction of sp³-hybridized carbons (Fsp3) is 0.571. The number of hydrogen-bond donors (Lipinski definition) is 2. The van der Waals surface area contributed by atoms with E-state index in [-0.39, 0.29) is 17.8 Å².